The smallest absolute Gasteiger partial charge is 0.410 e. The SMILES string of the molecule is CC(C)(C)OC(=O)N1CC2(C=CNCC2)C1. The van der Waals surface area contributed by atoms with E-state index in [4.69, 9.17) is 4.74 Å². The molecule has 1 spiro atoms. The molecule has 0 radical (unpaired) electrons. The molecule has 1 fully saturated rings. The predicted octanol–water partition coefficient (Wildman–Crippen LogP) is 1.73. The van der Waals surface area contributed by atoms with E-state index in [9.17, 15) is 4.79 Å². The van der Waals surface area contributed by atoms with Crippen molar-refractivity contribution in [3.05, 3.63) is 12.3 Å². The average Bonchev–Trinajstić information content (AvgIpc) is 2.12. The zero-order valence-electron chi connectivity index (χ0n) is 10.2. The molecule has 1 saturated heterocycles. The molecular weight excluding hydrogens is 204 g/mol. The number of hydrogen-bond acceptors (Lipinski definition) is 3. The third kappa shape index (κ3) is 2.31. The molecule has 0 aromatic heterocycles. The summed E-state index contributed by atoms with van der Waals surface area (Å²) in [5.41, 5.74) is -0.189. The molecule has 0 aliphatic carbocycles. The van der Waals surface area contributed by atoms with Crippen molar-refractivity contribution in [2.45, 2.75) is 32.8 Å². The third-order valence-electron chi connectivity index (χ3n) is 2.99. The first-order valence-corrected chi connectivity index (χ1v) is 5.79. The number of carbonyl (C=O) groups is 1. The Hall–Kier alpha value is -1.19. The summed E-state index contributed by atoms with van der Waals surface area (Å²) in [6.45, 7) is 8.26. The van der Waals surface area contributed by atoms with Gasteiger partial charge in [-0.3, -0.25) is 0 Å². The van der Waals surface area contributed by atoms with Crippen LogP contribution in [-0.2, 0) is 4.74 Å². The Balaban J connectivity index is 1.86. The van der Waals surface area contributed by atoms with Crippen molar-refractivity contribution in [2.24, 2.45) is 5.41 Å². The van der Waals surface area contributed by atoms with Crippen molar-refractivity contribution >= 4 is 6.09 Å². The Kier molecular flexibility index (Phi) is 2.60. The van der Waals surface area contributed by atoms with Gasteiger partial charge in [-0.15, -0.1) is 0 Å². The lowest BCUT2D eigenvalue weighted by atomic mass is 9.76. The number of carbonyl (C=O) groups excluding carboxylic acids is 1. The van der Waals surface area contributed by atoms with Crippen LogP contribution in [0.5, 0.6) is 0 Å². The first-order chi connectivity index (χ1) is 7.40. The molecular formula is C12H20N2O2. The van der Waals surface area contributed by atoms with Crippen LogP contribution in [-0.4, -0.2) is 36.2 Å². The Morgan fingerprint density at radius 3 is 2.62 bits per heavy atom. The van der Waals surface area contributed by atoms with Gasteiger partial charge in [-0.25, -0.2) is 4.79 Å². The van der Waals surface area contributed by atoms with Crippen molar-refractivity contribution in [3.8, 4) is 0 Å². The van der Waals surface area contributed by atoms with Gasteiger partial charge in [-0.05, 0) is 33.4 Å². The van der Waals surface area contributed by atoms with Gasteiger partial charge in [0.1, 0.15) is 5.60 Å². The maximum absolute atomic E-state index is 11.7. The predicted molar refractivity (Wildman–Crippen MR) is 62.0 cm³/mol. The summed E-state index contributed by atoms with van der Waals surface area (Å²) in [4.78, 5) is 13.5. The molecule has 16 heavy (non-hydrogen) atoms. The Morgan fingerprint density at radius 1 is 1.44 bits per heavy atom. The second-order valence-electron chi connectivity index (χ2n) is 5.74. The van der Waals surface area contributed by atoms with E-state index in [0.717, 1.165) is 26.1 Å². The van der Waals surface area contributed by atoms with Crippen LogP contribution in [0.3, 0.4) is 0 Å². The van der Waals surface area contributed by atoms with E-state index < -0.39 is 5.60 Å². The summed E-state index contributed by atoms with van der Waals surface area (Å²) in [5, 5.41) is 3.18. The molecule has 0 unspecified atom stereocenters. The van der Waals surface area contributed by atoms with Crippen molar-refractivity contribution in [1.29, 1.82) is 0 Å². The molecule has 2 aliphatic heterocycles. The van der Waals surface area contributed by atoms with Gasteiger partial charge in [0, 0.05) is 25.0 Å². The van der Waals surface area contributed by atoms with Crippen LogP contribution in [0.4, 0.5) is 4.79 Å². The van der Waals surface area contributed by atoms with E-state index in [0.29, 0.717) is 0 Å². The monoisotopic (exact) mass is 224 g/mol. The molecule has 90 valence electrons. The number of amides is 1. The Bertz CT molecular complexity index is 311. The van der Waals surface area contributed by atoms with E-state index in [1.165, 1.54) is 0 Å². The molecule has 0 bridgehead atoms. The molecule has 0 aromatic carbocycles. The number of ether oxygens (including phenoxy) is 1. The van der Waals surface area contributed by atoms with Gasteiger partial charge in [0.25, 0.3) is 0 Å². The first-order valence-electron chi connectivity index (χ1n) is 5.79. The molecule has 2 heterocycles. The minimum Gasteiger partial charge on any atom is -0.444 e. The van der Waals surface area contributed by atoms with Gasteiger partial charge in [0.15, 0.2) is 0 Å². The van der Waals surface area contributed by atoms with Crippen LogP contribution in [0, 0.1) is 5.41 Å². The third-order valence-corrected chi connectivity index (χ3v) is 2.99. The lowest BCUT2D eigenvalue weighted by Crippen LogP contribution is -2.59. The fraction of sp³-hybridized carbons (Fsp3) is 0.750. The van der Waals surface area contributed by atoms with E-state index >= 15 is 0 Å². The number of rotatable bonds is 0. The fourth-order valence-electron chi connectivity index (χ4n) is 2.16. The molecule has 0 atom stereocenters. The zero-order chi connectivity index (χ0) is 11.8. The lowest BCUT2D eigenvalue weighted by Gasteiger charge is -2.49. The maximum atomic E-state index is 11.7. The first kappa shape index (κ1) is 11.3. The number of likely N-dealkylation sites (tertiary alicyclic amines) is 1. The highest BCUT2D eigenvalue weighted by Gasteiger charge is 2.44. The Labute approximate surface area is 96.6 Å². The van der Waals surface area contributed by atoms with Gasteiger partial charge in [-0.2, -0.15) is 0 Å². The Morgan fingerprint density at radius 2 is 2.12 bits per heavy atom. The van der Waals surface area contributed by atoms with E-state index in [-0.39, 0.29) is 11.5 Å². The van der Waals surface area contributed by atoms with Crippen LogP contribution in [0.2, 0.25) is 0 Å². The van der Waals surface area contributed by atoms with Crippen molar-refractivity contribution < 1.29 is 9.53 Å². The number of nitrogens with one attached hydrogen (secondary N) is 1. The van der Waals surface area contributed by atoms with Crippen LogP contribution >= 0.6 is 0 Å². The van der Waals surface area contributed by atoms with Crippen LogP contribution in [0.25, 0.3) is 0 Å². The topological polar surface area (TPSA) is 41.6 Å². The summed E-state index contributed by atoms with van der Waals surface area (Å²) in [6, 6.07) is 0. The van der Waals surface area contributed by atoms with Crippen molar-refractivity contribution in [3.63, 3.8) is 0 Å². The summed E-state index contributed by atoms with van der Waals surface area (Å²) in [5.74, 6) is 0. The number of nitrogens with zero attached hydrogens (tertiary/aromatic N) is 1. The molecule has 0 aromatic rings. The van der Waals surface area contributed by atoms with E-state index in [2.05, 4.69) is 11.4 Å². The van der Waals surface area contributed by atoms with Gasteiger partial charge in [0.2, 0.25) is 0 Å². The standard InChI is InChI=1S/C12H20N2O2/c1-11(2,3)16-10(15)14-8-12(9-14)4-6-13-7-5-12/h4,6,13H,5,7-9H2,1-3H3. The van der Waals surface area contributed by atoms with Gasteiger partial charge < -0.3 is 15.0 Å². The molecule has 0 saturated carbocycles. The van der Waals surface area contributed by atoms with Crippen LogP contribution in [0.15, 0.2) is 12.3 Å². The van der Waals surface area contributed by atoms with Gasteiger partial charge in [-0.1, -0.05) is 6.08 Å². The summed E-state index contributed by atoms with van der Waals surface area (Å²) in [7, 11) is 0. The highest BCUT2D eigenvalue weighted by atomic mass is 16.6. The summed E-state index contributed by atoms with van der Waals surface area (Å²) < 4.78 is 5.32. The summed E-state index contributed by atoms with van der Waals surface area (Å²) >= 11 is 0. The molecule has 4 heteroatoms. The normalized spacial score (nSPS) is 22.6. The fourth-order valence-corrected chi connectivity index (χ4v) is 2.16. The quantitative estimate of drug-likeness (QED) is 0.681. The minimum absolute atomic E-state index is 0.190. The van der Waals surface area contributed by atoms with Crippen molar-refractivity contribution in [1.82, 2.24) is 10.2 Å². The average molecular weight is 224 g/mol. The van der Waals surface area contributed by atoms with Crippen LogP contribution in [0.1, 0.15) is 27.2 Å². The molecule has 1 N–H and O–H groups in total. The van der Waals surface area contributed by atoms with Gasteiger partial charge >= 0.3 is 6.09 Å². The molecule has 2 aliphatic rings. The highest BCUT2D eigenvalue weighted by molar-refractivity contribution is 5.69. The largest absolute Gasteiger partial charge is 0.444 e. The molecule has 1 amide bonds. The highest BCUT2D eigenvalue weighted by Crippen LogP contribution is 2.37. The van der Waals surface area contributed by atoms with Crippen molar-refractivity contribution in [2.75, 3.05) is 19.6 Å². The minimum atomic E-state index is -0.399. The van der Waals surface area contributed by atoms with E-state index in [1.807, 2.05) is 27.0 Å². The second-order valence-corrected chi connectivity index (χ2v) is 5.74. The molecule has 2 rings (SSSR count). The van der Waals surface area contributed by atoms with Gasteiger partial charge in [0.05, 0.1) is 0 Å². The lowest BCUT2D eigenvalue weighted by molar-refractivity contribution is -0.0216. The maximum Gasteiger partial charge on any atom is 0.410 e. The van der Waals surface area contributed by atoms with E-state index in [1.54, 1.807) is 4.90 Å². The zero-order valence-corrected chi connectivity index (χ0v) is 10.2. The summed E-state index contributed by atoms with van der Waals surface area (Å²) in [6.07, 6.45) is 5.08. The second kappa shape index (κ2) is 3.68. The molecule has 4 nitrogen and oxygen atoms in total. The van der Waals surface area contributed by atoms with Crippen LogP contribution < -0.4 is 5.32 Å². The number of hydrogen-bond donors (Lipinski definition) is 1.